The molecule has 0 aliphatic carbocycles. The van der Waals surface area contributed by atoms with E-state index >= 15 is 0 Å². The highest BCUT2D eigenvalue weighted by atomic mass is 32.2. The SMILES string of the molecule is Cc1ccc(C(CNC(=O)CN(C)S(=O)(=O)c2cccnc2)N(C)C)cc1. The van der Waals surface area contributed by atoms with E-state index in [1.165, 1.54) is 31.1 Å². The first-order chi connectivity index (χ1) is 12.7. The van der Waals surface area contributed by atoms with Crippen LogP contribution in [0.4, 0.5) is 0 Å². The van der Waals surface area contributed by atoms with Crippen LogP contribution in [-0.4, -0.2) is 62.7 Å². The van der Waals surface area contributed by atoms with Gasteiger partial charge in [0.1, 0.15) is 4.90 Å². The summed E-state index contributed by atoms with van der Waals surface area (Å²) in [5, 5.41) is 2.83. The van der Waals surface area contributed by atoms with E-state index in [4.69, 9.17) is 0 Å². The lowest BCUT2D eigenvalue weighted by molar-refractivity contribution is -0.121. The predicted molar refractivity (Wildman–Crippen MR) is 105 cm³/mol. The Balaban J connectivity index is 1.99. The third-order valence-corrected chi connectivity index (χ3v) is 6.07. The zero-order chi connectivity index (χ0) is 20.0. The number of likely N-dealkylation sites (N-methyl/N-ethyl adjacent to an activating group) is 2. The minimum Gasteiger partial charge on any atom is -0.353 e. The van der Waals surface area contributed by atoms with E-state index in [-0.39, 0.29) is 23.4 Å². The molecule has 1 atom stereocenters. The fourth-order valence-corrected chi connectivity index (χ4v) is 3.71. The second-order valence-corrected chi connectivity index (χ2v) is 8.69. The second kappa shape index (κ2) is 9.07. The Labute approximate surface area is 161 Å². The van der Waals surface area contributed by atoms with Gasteiger partial charge in [0, 0.05) is 26.0 Å². The molecule has 1 aromatic carbocycles. The van der Waals surface area contributed by atoms with Crippen molar-refractivity contribution < 1.29 is 13.2 Å². The van der Waals surface area contributed by atoms with E-state index in [2.05, 4.69) is 10.3 Å². The van der Waals surface area contributed by atoms with Gasteiger partial charge in [-0.3, -0.25) is 9.78 Å². The summed E-state index contributed by atoms with van der Waals surface area (Å²) in [5.41, 5.74) is 2.25. The molecule has 0 spiro atoms. The summed E-state index contributed by atoms with van der Waals surface area (Å²) >= 11 is 0. The summed E-state index contributed by atoms with van der Waals surface area (Å²) in [4.78, 5) is 18.2. The molecule has 8 heteroatoms. The Kier molecular flexibility index (Phi) is 7.06. The lowest BCUT2D eigenvalue weighted by Gasteiger charge is -2.26. The number of carbonyl (C=O) groups excluding carboxylic acids is 1. The number of pyridine rings is 1. The van der Waals surface area contributed by atoms with Gasteiger partial charge in [0.15, 0.2) is 0 Å². The molecule has 1 N–H and O–H groups in total. The lowest BCUT2D eigenvalue weighted by atomic mass is 10.0. The standard InChI is InChI=1S/C19H26N4O3S/c1-15-7-9-16(10-8-15)18(22(2)3)13-21-19(24)14-23(4)27(25,26)17-6-5-11-20-12-17/h5-12,18H,13-14H2,1-4H3,(H,21,24). The molecule has 0 saturated heterocycles. The zero-order valence-electron chi connectivity index (χ0n) is 16.1. The maximum atomic E-state index is 12.5. The van der Waals surface area contributed by atoms with Gasteiger partial charge in [-0.1, -0.05) is 29.8 Å². The second-order valence-electron chi connectivity index (χ2n) is 6.64. The molecule has 0 saturated carbocycles. The highest BCUT2D eigenvalue weighted by Gasteiger charge is 2.23. The number of sulfonamides is 1. The van der Waals surface area contributed by atoms with Crippen molar-refractivity contribution in [3.63, 3.8) is 0 Å². The molecule has 0 aliphatic rings. The molecular formula is C19H26N4O3S. The molecule has 0 radical (unpaired) electrons. The van der Waals surface area contributed by atoms with E-state index in [9.17, 15) is 13.2 Å². The van der Waals surface area contributed by atoms with Crippen LogP contribution in [0.15, 0.2) is 53.7 Å². The first-order valence-corrected chi connectivity index (χ1v) is 10.0. The van der Waals surface area contributed by atoms with Crippen molar-refractivity contribution in [1.82, 2.24) is 19.5 Å². The van der Waals surface area contributed by atoms with Gasteiger partial charge in [0.05, 0.1) is 12.6 Å². The molecule has 2 aromatic rings. The third-order valence-electron chi connectivity index (χ3n) is 4.29. The monoisotopic (exact) mass is 390 g/mol. The minimum atomic E-state index is -3.75. The van der Waals surface area contributed by atoms with Gasteiger partial charge in [-0.05, 0) is 38.7 Å². The summed E-state index contributed by atoms with van der Waals surface area (Å²) < 4.78 is 26.0. The molecule has 0 aliphatic heterocycles. The number of amides is 1. The number of nitrogens with one attached hydrogen (secondary N) is 1. The van der Waals surface area contributed by atoms with Crippen LogP contribution in [-0.2, 0) is 14.8 Å². The number of aryl methyl sites for hydroxylation is 1. The molecule has 1 amide bonds. The predicted octanol–water partition coefficient (Wildman–Crippen LogP) is 1.43. The molecule has 1 unspecified atom stereocenters. The number of carbonyl (C=O) groups is 1. The van der Waals surface area contributed by atoms with Crippen molar-refractivity contribution in [2.45, 2.75) is 17.9 Å². The van der Waals surface area contributed by atoms with Crippen molar-refractivity contribution >= 4 is 15.9 Å². The van der Waals surface area contributed by atoms with Gasteiger partial charge < -0.3 is 10.2 Å². The van der Waals surface area contributed by atoms with E-state index in [0.717, 1.165) is 9.87 Å². The quantitative estimate of drug-likeness (QED) is 0.737. The fourth-order valence-electron chi connectivity index (χ4n) is 2.62. The molecule has 2 rings (SSSR count). The molecule has 0 bridgehead atoms. The first-order valence-electron chi connectivity index (χ1n) is 8.58. The normalized spacial score (nSPS) is 13.0. The zero-order valence-corrected chi connectivity index (χ0v) is 16.9. The van der Waals surface area contributed by atoms with E-state index < -0.39 is 10.0 Å². The molecule has 1 heterocycles. The molecule has 146 valence electrons. The largest absolute Gasteiger partial charge is 0.353 e. The lowest BCUT2D eigenvalue weighted by Crippen LogP contribution is -2.41. The Morgan fingerprint density at radius 3 is 2.37 bits per heavy atom. The third kappa shape index (κ3) is 5.59. The van der Waals surface area contributed by atoms with Gasteiger partial charge >= 0.3 is 0 Å². The first kappa shape index (κ1) is 21.0. The van der Waals surface area contributed by atoms with Crippen LogP contribution in [0.1, 0.15) is 17.2 Å². The van der Waals surface area contributed by atoms with Crippen molar-refractivity contribution in [3.05, 3.63) is 59.9 Å². The summed E-state index contributed by atoms with van der Waals surface area (Å²) in [6.45, 7) is 2.15. The summed E-state index contributed by atoms with van der Waals surface area (Å²) in [7, 11) is 1.51. The highest BCUT2D eigenvalue weighted by molar-refractivity contribution is 7.89. The maximum absolute atomic E-state index is 12.5. The highest BCUT2D eigenvalue weighted by Crippen LogP contribution is 2.18. The Hall–Kier alpha value is -2.29. The van der Waals surface area contributed by atoms with Crippen LogP contribution in [0.5, 0.6) is 0 Å². The number of hydrogen-bond acceptors (Lipinski definition) is 5. The van der Waals surface area contributed by atoms with Crippen LogP contribution in [0.2, 0.25) is 0 Å². The average molecular weight is 391 g/mol. The van der Waals surface area contributed by atoms with Crippen molar-refractivity contribution in [3.8, 4) is 0 Å². The molecule has 27 heavy (non-hydrogen) atoms. The number of hydrogen-bond donors (Lipinski definition) is 1. The Morgan fingerprint density at radius 1 is 1.15 bits per heavy atom. The summed E-state index contributed by atoms with van der Waals surface area (Å²) in [6.07, 6.45) is 2.77. The fraction of sp³-hybridized carbons (Fsp3) is 0.368. The summed E-state index contributed by atoms with van der Waals surface area (Å²) in [6, 6.07) is 11.1. The van der Waals surface area contributed by atoms with E-state index in [1.807, 2.05) is 50.2 Å². The Bertz CT molecular complexity index is 852. The average Bonchev–Trinajstić information content (AvgIpc) is 2.63. The van der Waals surface area contributed by atoms with Crippen molar-refractivity contribution in [2.75, 3.05) is 34.2 Å². The van der Waals surface area contributed by atoms with Gasteiger partial charge in [-0.15, -0.1) is 0 Å². The number of rotatable bonds is 8. The number of nitrogens with zero attached hydrogens (tertiary/aromatic N) is 3. The van der Waals surface area contributed by atoms with E-state index in [1.54, 1.807) is 6.07 Å². The van der Waals surface area contributed by atoms with Gasteiger partial charge in [-0.25, -0.2) is 8.42 Å². The molecule has 7 nitrogen and oxygen atoms in total. The van der Waals surface area contributed by atoms with Crippen LogP contribution in [0.25, 0.3) is 0 Å². The van der Waals surface area contributed by atoms with E-state index in [0.29, 0.717) is 6.54 Å². The van der Waals surface area contributed by atoms with Crippen LogP contribution < -0.4 is 5.32 Å². The van der Waals surface area contributed by atoms with Gasteiger partial charge in [0.25, 0.3) is 0 Å². The molecular weight excluding hydrogens is 364 g/mol. The molecule has 1 aromatic heterocycles. The van der Waals surface area contributed by atoms with Crippen LogP contribution >= 0.6 is 0 Å². The summed E-state index contributed by atoms with van der Waals surface area (Å²) in [5.74, 6) is -0.357. The van der Waals surface area contributed by atoms with Crippen LogP contribution in [0.3, 0.4) is 0 Å². The maximum Gasteiger partial charge on any atom is 0.244 e. The van der Waals surface area contributed by atoms with Crippen molar-refractivity contribution in [1.29, 1.82) is 0 Å². The Morgan fingerprint density at radius 2 is 1.81 bits per heavy atom. The number of benzene rings is 1. The van der Waals surface area contributed by atoms with Gasteiger partial charge in [0.2, 0.25) is 15.9 Å². The number of aromatic nitrogens is 1. The topological polar surface area (TPSA) is 82.6 Å². The van der Waals surface area contributed by atoms with Crippen LogP contribution in [0, 0.1) is 6.92 Å². The minimum absolute atomic E-state index is 0.00483. The van der Waals surface area contributed by atoms with Gasteiger partial charge in [-0.2, -0.15) is 4.31 Å². The molecule has 0 fully saturated rings. The van der Waals surface area contributed by atoms with Crippen molar-refractivity contribution in [2.24, 2.45) is 0 Å². The smallest absolute Gasteiger partial charge is 0.244 e.